The Morgan fingerprint density at radius 2 is 1.69 bits per heavy atom. The van der Waals surface area contributed by atoms with Crippen LogP contribution in [0.2, 0.25) is 0 Å². The zero-order valence-corrected chi connectivity index (χ0v) is 17.2. The van der Waals surface area contributed by atoms with Gasteiger partial charge in [-0.05, 0) is 43.5 Å². The summed E-state index contributed by atoms with van der Waals surface area (Å²) in [6.07, 6.45) is 0.882. The zero-order chi connectivity index (χ0) is 20.8. The van der Waals surface area contributed by atoms with E-state index in [9.17, 15) is 9.59 Å². The second-order valence-electron chi connectivity index (χ2n) is 7.28. The van der Waals surface area contributed by atoms with E-state index in [0.29, 0.717) is 32.6 Å². The third-order valence-electron chi connectivity index (χ3n) is 5.12. The molecule has 0 aliphatic carbocycles. The molecule has 154 valence electrons. The van der Waals surface area contributed by atoms with Crippen LogP contribution in [0.1, 0.15) is 30.0 Å². The maximum Gasteiger partial charge on any atom is 0.242 e. The Morgan fingerprint density at radius 1 is 1.03 bits per heavy atom. The molecule has 1 N–H and O–H groups in total. The lowest BCUT2D eigenvalue weighted by molar-refractivity contribution is -0.140. The van der Waals surface area contributed by atoms with E-state index < -0.39 is 6.04 Å². The van der Waals surface area contributed by atoms with Crippen molar-refractivity contribution in [3.63, 3.8) is 0 Å². The lowest BCUT2D eigenvalue weighted by Gasteiger charge is -2.28. The van der Waals surface area contributed by atoms with Crippen LogP contribution in [-0.2, 0) is 22.6 Å². The van der Waals surface area contributed by atoms with E-state index in [2.05, 4.69) is 5.32 Å². The second-order valence-corrected chi connectivity index (χ2v) is 7.28. The van der Waals surface area contributed by atoms with Gasteiger partial charge in [0.1, 0.15) is 19.3 Å². The van der Waals surface area contributed by atoms with Crippen LogP contribution in [-0.4, -0.2) is 43.0 Å². The fourth-order valence-electron chi connectivity index (χ4n) is 3.32. The number of amides is 2. The molecule has 0 fully saturated rings. The van der Waals surface area contributed by atoms with Crippen LogP contribution in [0.5, 0.6) is 11.5 Å². The Hall–Kier alpha value is -3.02. The first kappa shape index (κ1) is 20.7. The number of hydrogen-bond acceptors (Lipinski definition) is 4. The van der Waals surface area contributed by atoms with Crippen LogP contribution in [0.15, 0.2) is 42.5 Å². The number of aryl methyl sites for hydroxylation is 2. The third kappa shape index (κ3) is 5.28. The monoisotopic (exact) mass is 396 g/mol. The highest BCUT2D eigenvalue weighted by Gasteiger charge is 2.25. The maximum atomic E-state index is 13.0. The van der Waals surface area contributed by atoms with Crippen molar-refractivity contribution < 1.29 is 19.1 Å². The van der Waals surface area contributed by atoms with E-state index in [1.165, 1.54) is 0 Å². The topological polar surface area (TPSA) is 67.9 Å². The molecule has 3 rings (SSSR count). The van der Waals surface area contributed by atoms with E-state index >= 15 is 0 Å². The van der Waals surface area contributed by atoms with Crippen LogP contribution in [0.3, 0.4) is 0 Å². The van der Waals surface area contributed by atoms with Crippen molar-refractivity contribution in [2.75, 3.05) is 20.3 Å². The Morgan fingerprint density at radius 3 is 2.38 bits per heavy atom. The van der Waals surface area contributed by atoms with Gasteiger partial charge in [-0.3, -0.25) is 9.59 Å². The van der Waals surface area contributed by atoms with Gasteiger partial charge in [0.05, 0.1) is 0 Å². The Labute approximate surface area is 171 Å². The number of fused-ring (bicyclic) bond motifs is 1. The minimum absolute atomic E-state index is 0.0587. The van der Waals surface area contributed by atoms with Crippen molar-refractivity contribution >= 4 is 11.8 Å². The molecule has 0 bridgehead atoms. The summed E-state index contributed by atoms with van der Waals surface area (Å²) in [5.74, 6) is 1.22. The summed E-state index contributed by atoms with van der Waals surface area (Å²) in [5.41, 5.74) is 3.16. The summed E-state index contributed by atoms with van der Waals surface area (Å²) in [6.45, 7) is 5.26. The molecule has 1 atom stereocenters. The van der Waals surface area contributed by atoms with E-state index in [1.807, 2.05) is 49.4 Å². The first-order valence-corrected chi connectivity index (χ1v) is 9.93. The number of hydrogen-bond donors (Lipinski definition) is 1. The molecular formula is C23H28N2O4. The van der Waals surface area contributed by atoms with Gasteiger partial charge < -0.3 is 19.7 Å². The fourth-order valence-corrected chi connectivity index (χ4v) is 3.32. The van der Waals surface area contributed by atoms with Gasteiger partial charge in [-0.2, -0.15) is 0 Å². The number of rotatable bonds is 7. The van der Waals surface area contributed by atoms with Gasteiger partial charge in [-0.15, -0.1) is 0 Å². The van der Waals surface area contributed by atoms with Crippen molar-refractivity contribution in [2.24, 2.45) is 0 Å². The van der Waals surface area contributed by atoms with Crippen LogP contribution in [0, 0.1) is 6.92 Å². The van der Waals surface area contributed by atoms with Crippen LogP contribution >= 0.6 is 0 Å². The summed E-state index contributed by atoms with van der Waals surface area (Å²) in [6, 6.07) is 13.2. The highest BCUT2D eigenvalue weighted by atomic mass is 16.6. The van der Waals surface area contributed by atoms with Crippen molar-refractivity contribution in [1.82, 2.24) is 10.2 Å². The number of carbonyl (C=O) groups excluding carboxylic acids is 2. The van der Waals surface area contributed by atoms with Gasteiger partial charge in [-0.1, -0.05) is 35.9 Å². The number of benzene rings is 2. The molecule has 0 unspecified atom stereocenters. The molecule has 0 spiro atoms. The average molecular weight is 396 g/mol. The van der Waals surface area contributed by atoms with Crippen LogP contribution in [0.25, 0.3) is 0 Å². The zero-order valence-electron chi connectivity index (χ0n) is 17.2. The molecule has 2 aromatic carbocycles. The van der Waals surface area contributed by atoms with Gasteiger partial charge in [-0.25, -0.2) is 0 Å². The standard InChI is InChI=1S/C23H28N2O4/c1-16-4-6-19(7-5-16)15-25(17(2)23(27)24-3)22(26)11-9-18-8-10-20-21(14-18)29-13-12-28-20/h4-8,10,14,17H,9,11-13,15H2,1-3H3,(H,24,27)/t17-/m0/s1. The molecule has 0 aromatic heterocycles. The molecule has 1 aliphatic rings. The van der Waals surface area contributed by atoms with Crippen molar-refractivity contribution in [3.8, 4) is 11.5 Å². The molecule has 6 heteroatoms. The molecular weight excluding hydrogens is 368 g/mol. The molecule has 0 saturated heterocycles. The van der Waals surface area contributed by atoms with Crippen LogP contribution < -0.4 is 14.8 Å². The molecule has 2 aromatic rings. The van der Waals surface area contributed by atoms with E-state index in [1.54, 1.807) is 18.9 Å². The normalized spacial score (nSPS) is 13.5. The average Bonchev–Trinajstić information content (AvgIpc) is 2.75. The van der Waals surface area contributed by atoms with Gasteiger partial charge in [0.15, 0.2) is 11.5 Å². The fraction of sp³-hybridized carbons (Fsp3) is 0.391. The molecule has 0 radical (unpaired) electrons. The first-order valence-electron chi connectivity index (χ1n) is 9.93. The largest absolute Gasteiger partial charge is 0.486 e. The van der Waals surface area contributed by atoms with Crippen molar-refractivity contribution in [2.45, 2.75) is 39.3 Å². The number of nitrogens with zero attached hydrogens (tertiary/aromatic N) is 1. The summed E-state index contributed by atoms with van der Waals surface area (Å²) >= 11 is 0. The molecule has 6 nitrogen and oxygen atoms in total. The van der Waals surface area contributed by atoms with Gasteiger partial charge in [0, 0.05) is 20.0 Å². The number of nitrogens with one attached hydrogen (secondary N) is 1. The number of likely N-dealkylation sites (N-methyl/N-ethyl adjacent to an activating group) is 1. The SMILES string of the molecule is CNC(=O)[C@H](C)N(Cc1ccc(C)cc1)C(=O)CCc1ccc2c(c1)OCCO2. The van der Waals surface area contributed by atoms with Crippen LogP contribution in [0.4, 0.5) is 0 Å². The lowest BCUT2D eigenvalue weighted by atomic mass is 10.1. The number of ether oxygens (including phenoxy) is 2. The molecule has 0 saturated carbocycles. The molecule has 29 heavy (non-hydrogen) atoms. The summed E-state index contributed by atoms with van der Waals surface area (Å²) < 4.78 is 11.2. The predicted octanol–water partition coefficient (Wildman–Crippen LogP) is 2.86. The third-order valence-corrected chi connectivity index (χ3v) is 5.12. The minimum atomic E-state index is -0.547. The summed E-state index contributed by atoms with van der Waals surface area (Å²) in [4.78, 5) is 26.9. The first-order chi connectivity index (χ1) is 14.0. The molecule has 1 heterocycles. The van der Waals surface area contributed by atoms with Crippen molar-refractivity contribution in [3.05, 3.63) is 59.2 Å². The lowest BCUT2D eigenvalue weighted by Crippen LogP contribution is -2.46. The van der Waals surface area contributed by atoms with E-state index in [4.69, 9.17) is 9.47 Å². The number of carbonyl (C=O) groups is 2. The second kappa shape index (κ2) is 9.45. The Kier molecular flexibility index (Phi) is 6.75. The highest BCUT2D eigenvalue weighted by molar-refractivity contribution is 5.87. The predicted molar refractivity (Wildman–Crippen MR) is 111 cm³/mol. The molecule has 2 amide bonds. The van der Waals surface area contributed by atoms with E-state index in [-0.39, 0.29) is 11.8 Å². The van der Waals surface area contributed by atoms with E-state index in [0.717, 1.165) is 28.2 Å². The minimum Gasteiger partial charge on any atom is -0.486 e. The maximum absolute atomic E-state index is 13.0. The van der Waals surface area contributed by atoms with Gasteiger partial charge in [0.25, 0.3) is 0 Å². The Bertz CT molecular complexity index is 864. The van der Waals surface area contributed by atoms with Gasteiger partial charge >= 0.3 is 0 Å². The quantitative estimate of drug-likeness (QED) is 0.782. The Balaban J connectivity index is 1.70. The summed E-state index contributed by atoms with van der Waals surface area (Å²) in [5, 5.41) is 2.64. The highest BCUT2D eigenvalue weighted by Crippen LogP contribution is 2.31. The smallest absolute Gasteiger partial charge is 0.242 e. The summed E-state index contributed by atoms with van der Waals surface area (Å²) in [7, 11) is 1.59. The molecule has 1 aliphatic heterocycles. The van der Waals surface area contributed by atoms with Crippen molar-refractivity contribution in [1.29, 1.82) is 0 Å². The van der Waals surface area contributed by atoms with Gasteiger partial charge in [0.2, 0.25) is 11.8 Å².